The third kappa shape index (κ3) is 3.68. The Kier molecular flexibility index (Phi) is 6.10. The second-order valence-electron chi connectivity index (χ2n) is 9.13. The highest BCUT2D eigenvalue weighted by atomic mass is 32.1. The van der Waals surface area contributed by atoms with Gasteiger partial charge in [0.1, 0.15) is 6.10 Å². The highest BCUT2D eigenvalue weighted by molar-refractivity contribution is 7.15. The Hall–Kier alpha value is -2.87. The van der Waals surface area contributed by atoms with Crippen LogP contribution >= 0.6 is 11.3 Å². The summed E-state index contributed by atoms with van der Waals surface area (Å²) in [6.07, 6.45) is 4.28. The minimum Gasteiger partial charge on any atom is -0.493 e. The highest BCUT2D eigenvalue weighted by Gasteiger charge is 2.53. The van der Waals surface area contributed by atoms with Crippen molar-refractivity contribution in [3.63, 3.8) is 0 Å². The lowest BCUT2D eigenvalue weighted by Crippen LogP contribution is -2.39. The van der Waals surface area contributed by atoms with E-state index < -0.39 is 6.04 Å². The lowest BCUT2D eigenvalue weighted by molar-refractivity contribution is -0.131. The summed E-state index contributed by atoms with van der Waals surface area (Å²) >= 11 is 1.45. The van der Waals surface area contributed by atoms with E-state index in [9.17, 15) is 9.59 Å². The Morgan fingerprint density at radius 3 is 2.68 bits per heavy atom. The molecule has 0 radical (unpaired) electrons. The fourth-order valence-corrected chi connectivity index (χ4v) is 6.04. The predicted octanol–water partition coefficient (Wildman–Crippen LogP) is 5.06. The molecule has 1 amide bonds. The van der Waals surface area contributed by atoms with Gasteiger partial charge in [-0.1, -0.05) is 19.4 Å². The van der Waals surface area contributed by atoms with Gasteiger partial charge in [-0.25, -0.2) is 4.98 Å². The third-order valence-corrected chi connectivity index (χ3v) is 8.02. The Bertz CT molecular complexity index is 1150. The number of carbonyl (C=O) groups excluding carboxylic acids is 2. The summed E-state index contributed by atoms with van der Waals surface area (Å²) in [6, 6.07) is 5.00. The predicted molar refractivity (Wildman–Crippen MR) is 129 cm³/mol. The van der Waals surface area contributed by atoms with Crippen LogP contribution in [0.4, 0.5) is 5.13 Å². The summed E-state index contributed by atoms with van der Waals surface area (Å²) in [5.74, 6) is 0.931. The van der Waals surface area contributed by atoms with Crippen molar-refractivity contribution in [1.29, 1.82) is 0 Å². The molecular formula is C26H30N2O5S. The van der Waals surface area contributed by atoms with Crippen molar-refractivity contribution < 1.29 is 23.8 Å². The van der Waals surface area contributed by atoms with Gasteiger partial charge < -0.3 is 14.2 Å². The van der Waals surface area contributed by atoms with E-state index in [0.717, 1.165) is 48.2 Å². The lowest BCUT2D eigenvalue weighted by Gasteiger charge is -2.35. The Balaban J connectivity index is 1.63. The van der Waals surface area contributed by atoms with Gasteiger partial charge in [-0.3, -0.25) is 14.5 Å². The van der Waals surface area contributed by atoms with E-state index in [-0.39, 0.29) is 29.5 Å². The normalized spacial score (nSPS) is 24.1. The monoisotopic (exact) mass is 482 g/mol. The molecule has 2 aliphatic heterocycles. The number of Topliss-reactive ketones (excluding diaryl/α,β-unsaturated/α-hetero) is 1. The number of rotatable bonds is 6. The summed E-state index contributed by atoms with van der Waals surface area (Å²) in [7, 11) is 1.59. The number of aryl methyl sites for hydroxylation is 2. The van der Waals surface area contributed by atoms with Gasteiger partial charge in [0.25, 0.3) is 5.91 Å². The molecule has 180 valence electrons. The Labute approximate surface area is 203 Å². The summed E-state index contributed by atoms with van der Waals surface area (Å²) in [5.41, 5.74) is 2.09. The lowest BCUT2D eigenvalue weighted by atomic mass is 9.77. The number of ketones is 1. The molecule has 0 bridgehead atoms. The van der Waals surface area contributed by atoms with Crippen LogP contribution < -0.4 is 14.4 Å². The van der Waals surface area contributed by atoms with Gasteiger partial charge in [0, 0.05) is 4.88 Å². The van der Waals surface area contributed by atoms with Gasteiger partial charge in [0.15, 0.2) is 28.2 Å². The van der Waals surface area contributed by atoms with Gasteiger partial charge in [0.05, 0.1) is 36.9 Å². The molecule has 0 N–H and O–H groups in total. The number of carbonyl (C=O) groups is 2. The molecule has 3 heterocycles. The van der Waals surface area contributed by atoms with Gasteiger partial charge in [-0.15, -0.1) is 11.3 Å². The molecular weight excluding hydrogens is 452 g/mol. The van der Waals surface area contributed by atoms with E-state index in [4.69, 9.17) is 14.2 Å². The van der Waals surface area contributed by atoms with E-state index in [2.05, 4.69) is 4.98 Å². The first-order valence-electron chi connectivity index (χ1n) is 12.0. The van der Waals surface area contributed by atoms with Gasteiger partial charge in [-0.2, -0.15) is 0 Å². The SMILES string of the molecule is CCCOc1ccc(C2C3=C(OC4CCCCC4C3=O)C(=O)N2c2nc(C)c(C)s2)cc1OC. The first kappa shape index (κ1) is 22.9. The largest absolute Gasteiger partial charge is 0.493 e. The zero-order valence-electron chi connectivity index (χ0n) is 20.1. The smallest absolute Gasteiger partial charge is 0.296 e. The van der Waals surface area contributed by atoms with Crippen molar-refractivity contribution in [3.8, 4) is 11.5 Å². The minimum atomic E-state index is -0.614. The molecule has 1 aromatic heterocycles. The van der Waals surface area contributed by atoms with Crippen LogP contribution in [0.2, 0.25) is 0 Å². The van der Waals surface area contributed by atoms with Crippen molar-refractivity contribution in [3.05, 3.63) is 45.7 Å². The second kappa shape index (κ2) is 9.06. The van der Waals surface area contributed by atoms with Crippen molar-refractivity contribution >= 4 is 28.2 Å². The summed E-state index contributed by atoms with van der Waals surface area (Å²) in [6.45, 7) is 6.53. The van der Waals surface area contributed by atoms with Crippen LogP contribution in [0.3, 0.4) is 0 Å². The molecule has 3 aliphatic rings. The summed E-state index contributed by atoms with van der Waals surface area (Å²) in [4.78, 5) is 34.9. The number of hydrogen-bond donors (Lipinski definition) is 0. The maximum Gasteiger partial charge on any atom is 0.296 e. The molecule has 1 saturated carbocycles. The van der Waals surface area contributed by atoms with Crippen LogP contribution in [0.1, 0.15) is 61.2 Å². The first-order chi connectivity index (χ1) is 16.4. The molecule has 1 fully saturated rings. The number of anilines is 1. The molecule has 8 heteroatoms. The van der Waals surface area contributed by atoms with Crippen LogP contribution in [0.15, 0.2) is 29.5 Å². The van der Waals surface area contributed by atoms with E-state index in [0.29, 0.717) is 28.8 Å². The van der Waals surface area contributed by atoms with Crippen LogP contribution in [-0.4, -0.2) is 36.5 Å². The van der Waals surface area contributed by atoms with E-state index in [1.807, 2.05) is 39.0 Å². The van der Waals surface area contributed by atoms with Crippen molar-refractivity contribution in [2.24, 2.45) is 5.92 Å². The second-order valence-corrected chi connectivity index (χ2v) is 10.3. The molecule has 1 aromatic carbocycles. The summed E-state index contributed by atoms with van der Waals surface area (Å²) in [5, 5.41) is 0.573. The number of methoxy groups -OCH3 is 1. The van der Waals surface area contributed by atoms with Crippen molar-refractivity contribution in [2.75, 3.05) is 18.6 Å². The maximum atomic E-state index is 13.8. The summed E-state index contributed by atoms with van der Waals surface area (Å²) < 4.78 is 17.7. The number of fused-ring (bicyclic) bond motifs is 1. The van der Waals surface area contributed by atoms with Gasteiger partial charge in [-0.05, 0) is 57.2 Å². The third-order valence-electron chi connectivity index (χ3n) is 6.95. The Morgan fingerprint density at radius 1 is 1.18 bits per heavy atom. The van der Waals surface area contributed by atoms with E-state index in [1.165, 1.54) is 11.3 Å². The minimum absolute atomic E-state index is 0.0297. The van der Waals surface area contributed by atoms with Gasteiger partial charge >= 0.3 is 0 Å². The zero-order chi connectivity index (χ0) is 24.0. The quantitative estimate of drug-likeness (QED) is 0.573. The number of nitrogens with zero attached hydrogens (tertiary/aromatic N) is 2. The fourth-order valence-electron chi connectivity index (χ4n) is 5.10. The molecule has 0 saturated heterocycles. The topological polar surface area (TPSA) is 78.0 Å². The molecule has 3 unspecified atom stereocenters. The first-order valence-corrected chi connectivity index (χ1v) is 12.8. The highest BCUT2D eigenvalue weighted by Crippen LogP contribution is 2.50. The standard InChI is InChI=1S/C26H30N2O5S/c1-5-12-32-19-11-10-16(13-20(19)31-4)22-21-23(29)17-8-6-7-9-18(17)33-24(21)25(30)28(22)26-27-14(2)15(3)34-26/h10-11,13,17-18,22H,5-9,12H2,1-4H3. The average Bonchev–Trinajstić information content (AvgIpc) is 3.33. The number of aromatic nitrogens is 1. The number of thiazole rings is 1. The Morgan fingerprint density at radius 2 is 1.97 bits per heavy atom. The molecule has 3 atom stereocenters. The van der Waals surface area contributed by atoms with Crippen LogP contribution in [0, 0.1) is 19.8 Å². The molecule has 1 aliphatic carbocycles. The van der Waals surface area contributed by atoms with Crippen LogP contribution in [-0.2, 0) is 14.3 Å². The number of hydrogen-bond acceptors (Lipinski definition) is 7. The van der Waals surface area contributed by atoms with E-state index in [1.54, 1.807) is 12.0 Å². The number of ether oxygens (including phenoxy) is 3. The molecule has 7 nitrogen and oxygen atoms in total. The van der Waals surface area contributed by atoms with Crippen molar-refractivity contribution in [2.45, 2.75) is 65.0 Å². The number of benzene rings is 1. The van der Waals surface area contributed by atoms with Gasteiger partial charge in [0.2, 0.25) is 0 Å². The maximum absolute atomic E-state index is 13.8. The van der Waals surface area contributed by atoms with Crippen LogP contribution in [0.25, 0.3) is 0 Å². The van der Waals surface area contributed by atoms with E-state index >= 15 is 0 Å². The fraction of sp³-hybridized carbons (Fsp3) is 0.500. The molecule has 2 aromatic rings. The van der Waals surface area contributed by atoms with Crippen LogP contribution in [0.5, 0.6) is 11.5 Å². The number of amides is 1. The zero-order valence-corrected chi connectivity index (χ0v) is 20.9. The average molecular weight is 483 g/mol. The molecule has 34 heavy (non-hydrogen) atoms. The molecule has 0 spiro atoms. The van der Waals surface area contributed by atoms with Crippen molar-refractivity contribution in [1.82, 2.24) is 4.98 Å². The molecule has 5 rings (SSSR count).